The second-order valence-electron chi connectivity index (χ2n) is 7.47. The Morgan fingerprint density at radius 3 is 2.64 bits per heavy atom. The summed E-state index contributed by atoms with van der Waals surface area (Å²) in [6.45, 7) is 8.13. The van der Waals surface area contributed by atoms with Crippen molar-refractivity contribution in [3.63, 3.8) is 0 Å². The first-order valence-corrected chi connectivity index (χ1v) is 9.78. The lowest BCUT2D eigenvalue weighted by molar-refractivity contribution is 0.170. The highest BCUT2D eigenvalue weighted by atomic mass is 16.2. The van der Waals surface area contributed by atoms with E-state index in [4.69, 9.17) is 0 Å². The predicted molar refractivity (Wildman–Crippen MR) is 103 cm³/mol. The van der Waals surface area contributed by atoms with Crippen molar-refractivity contribution in [1.29, 1.82) is 0 Å². The quantitative estimate of drug-likeness (QED) is 0.834. The monoisotopic (exact) mass is 344 g/mol. The summed E-state index contributed by atoms with van der Waals surface area (Å²) in [4.78, 5) is 17.0. The molecule has 0 unspecified atom stereocenters. The van der Waals surface area contributed by atoms with Gasteiger partial charge in [0.05, 0.1) is 0 Å². The van der Waals surface area contributed by atoms with Crippen LogP contribution in [0.15, 0.2) is 30.3 Å². The number of hydrogen-bond donors (Lipinski definition) is 2. The summed E-state index contributed by atoms with van der Waals surface area (Å²) in [5.41, 5.74) is 1.28. The largest absolute Gasteiger partial charge is 0.371 e. The van der Waals surface area contributed by atoms with Crippen molar-refractivity contribution in [3.8, 4) is 0 Å². The minimum Gasteiger partial charge on any atom is -0.371 e. The molecule has 2 fully saturated rings. The Kier molecular flexibility index (Phi) is 6.56. The van der Waals surface area contributed by atoms with Crippen LogP contribution < -0.4 is 15.5 Å². The van der Waals surface area contributed by atoms with Crippen molar-refractivity contribution < 1.29 is 4.79 Å². The molecule has 2 amide bonds. The molecular weight excluding hydrogens is 312 g/mol. The van der Waals surface area contributed by atoms with Crippen LogP contribution in [0.4, 0.5) is 10.5 Å². The minimum atomic E-state index is -0.0259. The topological polar surface area (TPSA) is 47.6 Å². The number of urea groups is 1. The van der Waals surface area contributed by atoms with E-state index in [1.54, 1.807) is 0 Å². The van der Waals surface area contributed by atoms with E-state index in [1.807, 2.05) is 6.07 Å². The van der Waals surface area contributed by atoms with Gasteiger partial charge in [0.25, 0.3) is 0 Å². The van der Waals surface area contributed by atoms with E-state index in [-0.39, 0.29) is 6.03 Å². The second-order valence-corrected chi connectivity index (χ2v) is 7.47. The molecule has 1 aromatic carbocycles. The number of benzene rings is 1. The normalized spacial score (nSPS) is 22.6. The summed E-state index contributed by atoms with van der Waals surface area (Å²) >= 11 is 0. The molecule has 0 saturated carbocycles. The molecule has 0 aliphatic carbocycles. The molecule has 1 aromatic rings. The molecule has 2 aliphatic rings. The van der Waals surface area contributed by atoms with Gasteiger partial charge >= 0.3 is 6.03 Å². The average molecular weight is 345 g/mol. The number of nitrogens with one attached hydrogen (secondary N) is 2. The highest BCUT2D eigenvalue weighted by Gasteiger charge is 2.23. The van der Waals surface area contributed by atoms with Crippen LogP contribution in [0.25, 0.3) is 0 Å². The fourth-order valence-electron chi connectivity index (χ4n) is 3.90. The van der Waals surface area contributed by atoms with Crippen LogP contribution in [-0.4, -0.2) is 56.2 Å². The Hall–Kier alpha value is -1.75. The van der Waals surface area contributed by atoms with Gasteiger partial charge in [0.2, 0.25) is 0 Å². The molecule has 2 atom stereocenters. The van der Waals surface area contributed by atoms with E-state index in [2.05, 4.69) is 51.6 Å². The summed E-state index contributed by atoms with van der Waals surface area (Å²) in [6, 6.07) is 10.9. The first-order valence-electron chi connectivity index (χ1n) is 9.78. The first-order chi connectivity index (χ1) is 12.2. The number of likely N-dealkylation sites (tertiary alicyclic amines) is 1. The maximum Gasteiger partial charge on any atom is 0.314 e. The number of carbonyl (C=O) groups is 1. The molecule has 25 heavy (non-hydrogen) atoms. The van der Waals surface area contributed by atoms with Crippen molar-refractivity contribution in [1.82, 2.24) is 15.5 Å². The van der Waals surface area contributed by atoms with Gasteiger partial charge in [0, 0.05) is 37.9 Å². The smallest absolute Gasteiger partial charge is 0.314 e. The molecule has 2 N–H and O–H groups in total. The Bertz CT molecular complexity index is 530. The second kappa shape index (κ2) is 9.09. The number of nitrogens with zero attached hydrogens (tertiary/aromatic N) is 2. The van der Waals surface area contributed by atoms with Gasteiger partial charge in [-0.1, -0.05) is 24.6 Å². The highest BCUT2D eigenvalue weighted by Crippen LogP contribution is 2.22. The summed E-state index contributed by atoms with van der Waals surface area (Å²) in [5, 5.41) is 6.10. The lowest BCUT2D eigenvalue weighted by Crippen LogP contribution is -2.47. The molecule has 138 valence electrons. The van der Waals surface area contributed by atoms with E-state index in [1.165, 1.54) is 38.0 Å². The van der Waals surface area contributed by atoms with Crippen molar-refractivity contribution in [3.05, 3.63) is 30.3 Å². The van der Waals surface area contributed by atoms with Crippen LogP contribution in [0.1, 0.15) is 32.6 Å². The van der Waals surface area contributed by atoms with Crippen LogP contribution in [0, 0.1) is 5.92 Å². The highest BCUT2D eigenvalue weighted by molar-refractivity contribution is 5.73. The third-order valence-corrected chi connectivity index (χ3v) is 5.53. The fourth-order valence-corrected chi connectivity index (χ4v) is 3.90. The molecule has 5 heteroatoms. The van der Waals surface area contributed by atoms with Gasteiger partial charge in [-0.25, -0.2) is 4.79 Å². The SMILES string of the molecule is C[C@@H](CNC(=O)NC[C@@H]1CCN(c2ccccc2)C1)N1CCCCC1. The average Bonchev–Trinajstić information content (AvgIpc) is 3.15. The van der Waals surface area contributed by atoms with E-state index in [0.29, 0.717) is 12.0 Å². The standard InChI is InChI=1S/C20H32N4O/c1-17(23-11-6-3-7-12-23)14-21-20(25)22-15-18-10-13-24(16-18)19-8-4-2-5-9-19/h2,4-5,8-9,17-18H,3,6-7,10-16H2,1H3,(H2,21,22,25)/t17-,18-/m0/s1. The number of para-hydroxylation sites is 1. The molecule has 3 rings (SSSR count). The Labute approximate surface area is 151 Å². The third-order valence-electron chi connectivity index (χ3n) is 5.53. The molecule has 0 bridgehead atoms. The molecule has 5 nitrogen and oxygen atoms in total. The maximum atomic E-state index is 12.1. The van der Waals surface area contributed by atoms with Gasteiger partial charge in [-0.05, 0) is 57.3 Å². The lowest BCUT2D eigenvalue weighted by Gasteiger charge is -2.32. The summed E-state index contributed by atoms with van der Waals surface area (Å²) in [7, 11) is 0. The number of rotatable bonds is 6. The Morgan fingerprint density at radius 1 is 1.12 bits per heavy atom. The molecular formula is C20H32N4O. The van der Waals surface area contributed by atoms with Gasteiger partial charge < -0.3 is 15.5 Å². The van der Waals surface area contributed by atoms with E-state index < -0.39 is 0 Å². The van der Waals surface area contributed by atoms with E-state index in [0.717, 1.165) is 32.6 Å². The van der Waals surface area contributed by atoms with Crippen molar-refractivity contribution >= 4 is 11.7 Å². The number of amides is 2. The van der Waals surface area contributed by atoms with Crippen LogP contribution >= 0.6 is 0 Å². The van der Waals surface area contributed by atoms with Crippen LogP contribution in [-0.2, 0) is 0 Å². The number of piperidine rings is 1. The van der Waals surface area contributed by atoms with Crippen LogP contribution in [0.5, 0.6) is 0 Å². The molecule has 0 radical (unpaired) electrons. The van der Waals surface area contributed by atoms with Crippen molar-refractivity contribution in [2.75, 3.05) is 44.2 Å². The summed E-state index contributed by atoms with van der Waals surface area (Å²) in [5.74, 6) is 0.533. The van der Waals surface area contributed by atoms with Gasteiger partial charge in [-0.15, -0.1) is 0 Å². The van der Waals surface area contributed by atoms with Gasteiger partial charge in [-0.3, -0.25) is 4.90 Å². The minimum absolute atomic E-state index is 0.0259. The molecule has 0 spiro atoms. The van der Waals surface area contributed by atoms with E-state index >= 15 is 0 Å². The molecule has 2 aliphatic heterocycles. The van der Waals surface area contributed by atoms with Gasteiger partial charge in [0.1, 0.15) is 0 Å². The van der Waals surface area contributed by atoms with Crippen LogP contribution in [0.3, 0.4) is 0 Å². The fraction of sp³-hybridized carbons (Fsp3) is 0.650. The number of anilines is 1. The zero-order valence-corrected chi connectivity index (χ0v) is 15.4. The van der Waals surface area contributed by atoms with Crippen molar-refractivity contribution in [2.24, 2.45) is 5.92 Å². The zero-order chi connectivity index (χ0) is 17.5. The van der Waals surface area contributed by atoms with E-state index in [9.17, 15) is 4.79 Å². The predicted octanol–water partition coefficient (Wildman–Crippen LogP) is 2.69. The van der Waals surface area contributed by atoms with Gasteiger partial charge in [-0.2, -0.15) is 0 Å². The first kappa shape index (κ1) is 18.1. The summed E-state index contributed by atoms with van der Waals surface area (Å²) in [6.07, 6.45) is 5.06. The zero-order valence-electron chi connectivity index (χ0n) is 15.4. The molecule has 2 saturated heterocycles. The lowest BCUT2D eigenvalue weighted by atomic mass is 10.1. The third kappa shape index (κ3) is 5.36. The molecule has 0 aromatic heterocycles. The Balaban J connectivity index is 1.32. The summed E-state index contributed by atoms with van der Waals surface area (Å²) < 4.78 is 0. The Morgan fingerprint density at radius 2 is 1.88 bits per heavy atom. The van der Waals surface area contributed by atoms with Gasteiger partial charge in [0.15, 0.2) is 0 Å². The van der Waals surface area contributed by atoms with Crippen molar-refractivity contribution in [2.45, 2.75) is 38.6 Å². The maximum absolute atomic E-state index is 12.1. The number of hydrogen-bond acceptors (Lipinski definition) is 3. The number of carbonyl (C=O) groups excluding carboxylic acids is 1. The molecule has 2 heterocycles. The van der Waals surface area contributed by atoms with Crippen LogP contribution in [0.2, 0.25) is 0 Å².